The van der Waals surface area contributed by atoms with Crippen molar-refractivity contribution in [3.8, 4) is 0 Å². The minimum Gasteiger partial charge on any atom is -0.481 e. The van der Waals surface area contributed by atoms with Crippen LogP contribution in [-0.4, -0.2) is 224 Å². The molecule has 0 aliphatic carbocycles. The number of para-hydroxylation sites is 1. The molecule has 0 saturated heterocycles. The highest BCUT2D eigenvalue weighted by Gasteiger charge is 2.37. The van der Waals surface area contributed by atoms with Crippen molar-refractivity contribution in [3.63, 3.8) is 0 Å². The number of carboxylic acids is 4. The molecule has 2 aromatic carbocycles. The summed E-state index contributed by atoms with van der Waals surface area (Å²) < 4.78 is 0. The van der Waals surface area contributed by atoms with Gasteiger partial charge in [0, 0.05) is 55.7 Å². The van der Waals surface area contributed by atoms with Crippen molar-refractivity contribution in [3.05, 3.63) is 71.9 Å². The van der Waals surface area contributed by atoms with Gasteiger partial charge in [-0.25, -0.2) is 10.9 Å². The molecule has 3 aromatic rings. The maximum absolute atomic E-state index is 14.8. The summed E-state index contributed by atoms with van der Waals surface area (Å²) in [6.07, 6.45) is -0.304. The van der Waals surface area contributed by atoms with Crippen LogP contribution in [0.4, 0.5) is 0 Å². The maximum Gasteiger partial charge on any atom is 0.303 e. The molecule has 9 amide bonds. The number of Topliss-reactive ketones (excluding diaryl/α,β-unsaturated/α-hetero) is 2. The van der Waals surface area contributed by atoms with Gasteiger partial charge in [0.15, 0.2) is 17.5 Å². The molecular weight excluding hydrogens is 1450 g/mol. The monoisotopic (exact) mass is 1560 g/mol. The average molecular weight is 1560 g/mol. The zero-order valence-corrected chi connectivity index (χ0v) is 64.4. The van der Waals surface area contributed by atoms with Gasteiger partial charge in [-0.15, -0.1) is 0 Å². The second-order valence-corrected chi connectivity index (χ2v) is 28.9. The molecule has 21 N–H and O–H groups in total. The third kappa shape index (κ3) is 35.3. The van der Waals surface area contributed by atoms with Gasteiger partial charge in [0.25, 0.3) is 0 Å². The lowest BCUT2D eigenvalue weighted by molar-refractivity contribution is -0.140. The first-order chi connectivity index (χ1) is 51.9. The van der Waals surface area contributed by atoms with Crippen LogP contribution in [-0.2, 0) is 89.6 Å². The van der Waals surface area contributed by atoms with E-state index in [4.69, 9.17) is 11.5 Å². The highest BCUT2D eigenvalue weighted by molar-refractivity contribution is 7.98. The van der Waals surface area contributed by atoms with Gasteiger partial charge < -0.3 is 89.5 Å². The minimum absolute atomic E-state index is 0.00279. The van der Waals surface area contributed by atoms with Crippen LogP contribution >= 0.6 is 11.8 Å². The maximum atomic E-state index is 14.8. The topological polar surface area (TPSA) is 579 Å². The Morgan fingerprint density at radius 2 is 0.945 bits per heavy atom. The Balaban J connectivity index is 1.93. The molecular formula is C73H110N16O20S. The Bertz CT molecular complexity index is 3650. The minimum atomic E-state index is -1.77. The fourth-order valence-corrected chi connectivity index (χ4v) is 11.9. The molecule has 36 nitrogen and oxygen atoms in total. The number of guanidine groups is 1. The zero-order valence-electron chi connectivity index (χ0n) is 63.6. The van der Waals surface area contributed by atoms with Crippen LogP contribution in [0.5, 0.6) is 0 Å². The van der Waals surface area contributed by atoms with Crippen LogP contribution in [0.15, 0.2) is 65.8 Å². The fourth-order valence-electron chi connectivity index (χ4n) is 11.4. The van der Waals surface area contributed by atoms with Crippen LogP contribution in [0, 0.1) is 17.8 Å². The van der Waals surface area contributed by atoms with Gasteiger partial charge in [0.05, 0.1) is 30.7 Å². The number of hydrogen-bond donors (Lipinski definition) is 19. The number of fused-ring (bicyclic) bond motifs is 1. The Hall–Kier alpha value is -10.4. The molecule has 0 aliphatic heterocycles. The first-order valence-electron chi connectivity index (χ1n) is 36.4. The second-order valence-electron chi connectivity index (χ2n) is 28.0. The smallest absolute Gasteiger partial charge is 0.303 e. The number of hydrogen-bond acceptors (Lipinski definition) is 21. The number of thioether (sulfide) groups is 1. The molecule has 110 heavy (non-hydrogen) atoms. The molecule has 0 bridgehead atoms. The average Bonchev–Trinajstić information content (AvgIpc) is 1.66. The Morgan fingerprint density at radius 1 is 0.491 bits per heavy atom. The van der Waals surface area contributed by atoms with Crippen molar-refractivity contribution in [2.45, 2.75) is 224 Å². The number of aromatic nitrogens is 1. The summed E-state index contributed by atoms with van der Waals surface area (Å²) in [4.78, 5) is 222. The van der Waals surface area contributed by atoms with E-state index in [2.05, 4.69) is 74.0 Å². The Morgan fingerprint density at radius 3 is 1.48 bits per heavy atom. The van der Waals surface area contributed by atoms with Gasteiger partial charge in [-0.3, -0.25) is 82.2 Å². The predicted octanol–water partition coefficient (Wildman–Crippen LogP) is -0.503. The third-order valence-corrected chi connectivity index (χ3v) is 18.0. The normalized spacial score (nSPS) is 14.5. The first-order valence-corrected chi connectivity index (χ1v) is 37.8. The van der Waals surface area contributed by atoms with Gasteiger partial charge >= 0.3 is 23.9 Å². The highest BCUT2D eigenvalue weighted by atomic mass is 32.2. The Kier molecular flexibility index (Phi) is 41.7. The van der Waals surface area contributed by atoms with Gasteiger partial charge in [0.1, 0.15) is 54.6 Å². The van der Waals surface area contributed by atoms with E-state index in [9.17, 15) is 97.1 Å². The number of nitrogens with zero attached hydrogens (tertiary/aromatic N) is 1. The number of carbonyl (C=O) groups is 16. The van der Waals surface area contributed by atoms with Crippen molar-refractivity contribution in [1.29, 1.82) is 0 Å². The summed E-state index contributed by atoms with van der Waals surface area (Å²) in [5.41, 5.74) is 18.4. The number of aldehydes is 1. The molecule has 1 unspecified atom stereocenters. The van der Waals surface area contributed by atoms with E-state index >= 15 is 0 Å². The van der Waals surface area contributed by atoms with E-state index in [1.54, 1.807) is 62.7 Å². The van der Waals surface area contributed by atoms with Crippen LogP contribution in [0.1, 0.15) is 150 Å². The summed E-state index contributed by atoms with van der Waals surface area (Å²) in [6.45, 7) is 12.2. The van der Waals surface area contributed by atoms with Crippen LogP contribution in [0.2, 0.25) is 0 Å². The van der Waals surface area contributed by atoms with E-state index in [1.165, 1.54) is 39.5 Å². The number of rotatable bonds is 55. The standard InChI is InChI=1S/C73H110N16O20S/c1-39(2)32-54(43(8)91)83-71(108)57(35-45-36-77-48-19-14-13-18-47(45)48)86-65(102)49(21-25-59(93)94)78-37-58(92)55(34-44-16-11-10-12-17-44)84-70(107)56(33-40(3)4)85-67(104)50(20-15-30-76-73(74)75)82-72(109)63(41(5)6)87-64(101)42(7)79-66(103)51(22-26-60(95)96)80-68(105)52(23-27-61(97)98)81-69(106)53(24-28-62(99)100)89-88-46(38-90)29-31-110-9/h10-14,16-19,36,38-42,46,49-57,63,77-78,88-89H,15,20-35,37H2,1-9H3,(H,79,103)(H,80,105)(H,81,106)(H,82,109)(H,83,108)(H,84,107)(H,85,104)(H,86,102)(H,87,101)(H,93,94)(H,95,96)(H,97,98)(H,99,100)(H4,74,75,76)/t42?,46-,49-,50-,51-,52-,53-,54-,55-,56-,57-,63-/m0/s1. The molecule has 3 rings (SSSR count). The van der Waals surface area contributed by atoms with E-state index in [-0.39, 0.29) is 75.1 Å². The number of aliphatic carboxylic acids is 4. The highest BCUT2D eigenvalue weighted by Crippen LogP contribution is 2.21. The summed E-state index contributed by atoms with van der Waals surface area (Å²) in [6, 6.07) is -0.967. The van der Waals surface area contributed by atoms with Gasteiger partial charge in [-0.05, 0) is 125 Å². The number of carbonyl (C=O) groups excluding carboxylic acids is 12. The van der Waals surface area contributed by atoms with Crippen molar-refractivity contribution in [2.75, 3.05) is 25.1 Å². The number of amides is 9. The largest absolute Gasteiger partial charge is 0.481 e. The summed E-state index contributed by atoms with van der Waals surface area (Å²) >= 11 is 1.43. The lowest BCUT2D eigenvalue weighted by Crippen LogP contribution is -2.61. The zero-order chi connectivity index (χ0) is 82.3. The van der Waals surface area contributed by atoms with Crippen molar-refractivity contribution in [2.24, 2.45) is 34.2 Å². The van der Waals surface area contributed by atoms with Crippen molar-refractivity contribution < 1.29 is 97.1 Å². The van der Waals surface area contributed by atoms with E-state index < -0.39 is 206 Å². The van der Waals surface area contributed by atoms with Gasteiger partial charge in [-0.2, -0.15) is 11.8 Å². The summed E-state index contributed by atoms with van der Waals surface area (Å²) in [5.74, 6) is -15.9. The van der Waals surface area contributed by atoms with E-state index in [0.29, 0.717) is 36.0 Å². The lowest BCUT2D eigenvalue weighted by Gasteiger charge is -2.29. The molecule has 0 radical (unpaired) electrons. The van der Waals surface area contributed by atoms with Crippen molar-refractivity contribution >= 4 is 124 Å². The quantitative estimate of drug-likeness (QED) is 0.0111. The molecule has 1 heterocycles. The molecule has 0 spiro atoms. The number of hydrazine groups is 1. The molecule has 608 valence electrons. The number of nitrogens with two attached hydrogens (primary N) is 2. The lowest BCUT2D eigenvalue weighted by atomic mass is 9.98. The summed E-state index contributed by atoms with van der Waals surface area (Å²) in [5, 5.41) is 65.2. The number of H-pyrrole nitrogens is 1. The van der Waals surface area contributed by atoms with Gasteiger partial charge in [0.2, 0.25) is 53.2 Å². The molecule has 1 aromatic heterocycles. The molecule has 37 heteroatoms. The molecule has 0 fully saturated rings. The Labute approximate surface area is 642 Å². The molecule has 0 saturated carbocycles. The van der Waals surface area contributed by atoms with Crippen LogP contribution < -0.4 is 75.5 Å². The third-order valence-electron chi connectivity index (χ3n) is 17.4. The number of aromatic amines is 1. The number of nitrogens with one attached hydrogen (secondary N) is 13. The number of aliphatic imine (C=N–C) groups is 1. The SMILES string of the molecule is CSCC[C@@H](C=O)NN[C@@H](CCC(=O)O)C(=O)N[C@@H](CCC(=O)O)C(=O)N[C@@H](CCC(=O)O)C(=O)NC(C)C(=O)N[C@H](C(=O)N[C@@H](CCCN=C(N)N)C(=O)N[C@@H](CC(C)C)C(=O)N[C@@H](Cc1ccccc1)C(=O)CN[C@@H](CCC(=O)O)C(=O)N[C@@H](Cc1c[nH]c2ccccc12)C(=O)N[C@@H](CC(C)C)C(C)=O)C(C)C. The van der Waals surface area contributed by atoms with E-state index in [1.807, 2.05) is 32.0 Å². The predicted molar refractivity (Wildman–Crippen MR) is 407 cm³/mol. The first kappa shape index (κ1) is 93.8. The second kappa shape index (κ2) is 48.9. The van der Waals surface area contributed by atoms with Crippen LogP contribution in [0.3, 0.4) is 0 Å². The van der Waals surface area contributed by atoms with Gasteiger partial charge in [-0.1, -0.05) is 90.1 Å². The summed E-state index contributed by atoms with van der Waals surface area (Å²) in [7, 11) is 0. The fraction of sp³-hybridized carbons (Fsp3) is 0.575. The number of benzene rings is 2. The molecule has 0 aliphatic rings. The van der Waals surface area contributed by atoms with Crippen molar-refractivity contribution in [1.82, 2.24) is 69.0 Å². The number of carboxylic acid groups (broad SMARTS) is 4. The molecule has 12 atom stereocenters. The van der Waals surface area contributed by atoms with Crippen LogP contribution in [0.25, 0.3) is 10.9 Å². The number of ketones is 2. The van der Waals surface area contributed by atoms with E-state index in [0.717, 1.165) is 10.9 Å².